The fraction of sp³-hybridized carbons (Fsp3) is 1.00. The molecule has 0 aromatic heterocycles. The largest absolute Gasteiger partial charge is 0.359 e. The van der Waals surface area contributed by atoms with E-state index in [1.807, 2.05) is 0 Å². The number of unbranched alkanes of at least 4 members (excludes halogenated alkanes) is 6. The summed E-state index contributed by atoms with van der Waals surface area (Å²) in [4.78, 5) is 0. The summed E-state index contributed by atoms with van der Waals surface area (Å²) in [7, 11) is 1.65. The predicted octanol–water partition coefficient (Wildman–Crippen LogP) is 4.29. The molecular formula is C11H24OS2. The van der Waals surface area contributed by atoms with Crippen molar-refractivity contribution in [1.29, 1.82) is 0 Å². The van der Waals surface area contributed by atoms with Gasteiger partial charge in [-0.1, -0.05) is 45.4 Å². The van der Waals surface area contributed by atoms with Crippen LogP contribution in [0, 0.1) is 0 Å². The van der Waals surface area contributed by atoms with Crippen LogP contribution in [0.5, 0.6) is 0 Å². The highest BCUT2D eigenvalue weighted by Gasteiger charge is 2.17. The van der Waals surface area contributed by atoms with Crippen LogP contribution in [0.25, 0.3) is 0 Å². The Morgan fingerprint density at radius 1 is 0.929 bits per heavy atom. The number of hydrogen-bond donors (Lipinski definition) is 2. The van der Waals surface area contributed by atoms with Gasteiger partial charge in [-0.3, -0.25) is 0 Å². The van der Waals surface area contributed by atoms with Crippen molar-refractivity contribution in [3.05, 3.63) is 0 Å². The van der Waals surface area contributed by atoms with Crippen LogP contribution in [-0.4, -0.2) is 11.4 Å². The molecule has 0 bridgehead atoms. The third-order valence-corrected chi connectivity index (χ3v) is 3.25. The van der Waals surface area contributed by atoms with Crippen molar-refractivity contribution in [3.8, 4) is 0 Å². The highest BCUT2D eigenvalue weighted by molar-refractivity contribution is 8.00. The third kappa shape index (κ3) is 9.22. The summed E-state index contributed by atoms with van der Waals surface area (Å²) in [6.07, 6.45) is 10.1. The second kappa shape index (κ2) is 8.93. The van der Waals surface area contributed by atoms with Gasteiger partial charge in [-0.2, -0.15) is 0 Å². The lowest BCUT2D eigenvalue weighted by Crippen LogP contribution is -2.15. The van der Waals surface area contributed by atoms with Gasteiger partial charge < -0.3 is 4.74 Å². The number of ether oxygens (including phenoxy) is 1. The molecule has 1 nitrogen and oxygen atoms in total. The number of hydrogen-bond acceptors (Lipinski definition) is 3. The van der Waals surface area contributed by atoms with Crippen molar-refractivity contribution < 1.29 is 4.74 Å². The highest BCUT2D eigenvalue weighted by atomic mass is 32.2. The zero-order valence-corrected chi connectivity index (χ0v) is 11.2. The molecule has 0 aliphatic rings. The van der Waals surface area contributed by atoms with Crippen LogP contribution >= 0.6 is 25.3 Å². The highest BCUT2D eigenvalue weighted by Crippen LogP contribution is 2.27. The number of methoxy groups -OCH3 is 1. The maximum atomic E-state index is 5.11. The van der Waals surface area contributed by atoms with Gasteiger partial charge >= 0.3 is 0 Å². The van der Waals surface area contributed by atoms with Crippen molar-refractivity contribution in [2.24, 2.45) is 0 Å². The second-order valence-electron chi connectivity index (χ2n) is 3.82. The van der Waals surface area contributed by atoms with Crippen LogP contribution in [0.4, 0.5) is 0 Å². The molecule has 0 atom stereocenters. The Morgan fingerprint density at radius 3 is 1.93 bits per heavy atom. The Morgan fingerprint density at radius 2 is 1.43 bits per heavy atom. The number of thiol groups is 2. The summed E-state index contributed by atoms with van der Waals surface area (Å²) in [5.74, 6) is 0. The standard InChI is InChI=1S/C11H24OS2/c1-3-4-5-6-7-8-9-10-11(13,14)12-2/h13-14H,3-10H2,1-2H3. The molecule has 0 aromatic rings. The Hall–Kier alpha value is 0.660. The molecule has 3 heteroatoms. The van der Waals surface area contributed by atoms with E-state index in [2.05, 4.69) is 32.2 Å². The van der Waals surface area contributed by atoms with E-state index in [-0.39, 0.29) is 0 Å². The molecule has 0 heterocycles. The molecule has 0 aromatic carbocycles. The van der Waals surface area contributed by atoms with Gasteiger partial charge in [0.25, 0.3) is 0 Å². The summed E-state index contributed by atoms with van der Waals surface area (Å²) in [5.41, 5.74) is 0. The monoisotopic (exact) mass is 236 g/mol. The summed E-state index contributed by atoms with van der Waals surface area (Å²) in [6, 6.07) is 0. The third-order valence-electron chi connectivity index (χ3n) is 2.43. The van der Waals surface area contributed by atoms with E-state index in [0.29, 0.717) is 0 Å². The maximum Gasteiger partial charge on any atom is 0.154 e. The molecule has 0 rings (SSSR count). The predicted molar refractivity (Wildman–Crippen MR) is 70.3 cm³/mol. The summed E-state index contributed by atoms with van der Waals surface area (Å²) in [6.45, 7) is 2.24. The quantitative estimate of drug-likeness (QED) is 0.345. The molecular weight excluding hydrogens is 212 g/mol. The Labute approximate surface area is 99.8 Å². The first kappa shape index (κ1) is 14.7. The van der Waals surface area contributed by atoms with E-state index < -0.39 is 4.27 Å². The van der Waals surface area contributed by atoms with Crippen molar-refractivity contribution >= 4 is 25.3 Å². The Kier molecular flexibility index (Phi) is 9.35. The topological polar surface area (TPSA) is 9.23 Å². The lowest BCUT2D eigenvalue weighted by atomic mass is 10.1. The molecule has 0 aliphatic heterocycles. The van der Waals surface area contributed by atoms with E-state index in [4.69, 9.17) is 4.74 Å². The maximum absolute atomic E-state index is 5.11. The first-order chi connectivity index (χ1) is 6.62. The van der Waals surface area contributed by atoms with Crippen molar-refractivity contribution in [1.82, 2.24) is 0 Å². The van der Waals surface area contributed by atoms with Gasteiger partial charge in [0.15, 0.2) is 4.27 Å². The Bertz CT molecular complexity index is 126. The molecule has 0 fully saturated rings. The second-order valence-corrected chi connectivity index (χ2v) is 5.62. The molecule has 0 amide bonds. The summed E-state index contributed by atoms with van der Waals surface area (Å²) >= 11 is 8.57. The lowest BCUT2D eigenvalue weighted by molar-refractivity contribution is 0.139. The van der Waals surface area contributed by atoms with Gasteiger partial charge in [0, 0.05) is 7.11 Å². The van der Waals surface area contributed by atoms with Gasteiger partial charge in [-0.15, -0.1) is 25.3 Å². The Balaban J connectivity index is 3.13. The first-order valence-corrected chi connectivity index (χ1v) is 6.51. The van der Waals surface area contributed by atoms with Crippen LogP contribution in [0.1, 0.15) is 58.3 Å². The van der Waals surface area contributed by atoms with Crippen molar-refractivity contribution in [2.45, 2.75) is 62.6 Å². The zero-order valence-electron chi connectivity index (χ0n) is 9.46. The van der Waals surface area contributed by atoms with Crippen LogP contribution in [0.15, 0.2) is 0 Å². The smallest absolute Gasteiger partial charge is 0.154 e. The molecule has 0 unspecified atom stereocenters. The van der Waals surface area contributed by atoms with Crippen molar-refractivity contribution in [2.75, 3.05) is 7.11 Å². The fourth-order valence-electron chi connectivity index (χ4n) is 1.41. The van der Waals surface area contributed by atoms with Gasteiger partial charge in [0.2, 0.25) is 0 Å². The molecule has 0 radical (unpaired) electrons. The number of rotatable bonds is 9. The average molecular weight is 236 g/mol. The van der Waals surface area contributed by atoms with Crippen LogP contribution in [-0.2, 0) is 4.74 Å². The molecule has 0 N–H and O–H groups in total. The molecule has 0 saturated carbocycles. The lowest BCUT2D eigenvalue weighted by Gasteiger charge is -2.20. The van der Waals surface area contributed by atoms with Crippen LogP contribution < -0.4 is 0 Å². The molecule has 0 spiro atoms. The minimum absolute atomic E-state index is 0.524. The average Bonchev–Trinajstić information content (AvgIpc) is 2.16. The van der Waals surface area contributed by atoms with Crippen LogP contribution in [0.2, 0.25) is 0 Å². The van der Waals surface area contributed by atoms with Gasteiger partial charge in [-0.05, 0) is 12.8 Å². The van der Waals surface area contributed by atoms with Gasteiger partial charge in [-0.25, -0.2) is 0 Å². The van der Waals surface area contributed by atoms with Crippen LogP contribution in [0.3, 0.4) is 0 Å². The molecule has 86 valence electrons. The van der Waals surface area contributed by atoms with Gasteiger partial charge in [0.05, 0.1) is 0 Å². The van der Waals surface area contributed by atoms with E-state index in [0.717, 1.165) is 12.8 Å². The van der Waals surface area contributed by atoms with E-state index in [1.54, 1.807) is 7.11 Å². The molecule has 0 saturated heterocycles. The van der Waals surface area contributed by atoms with Crippen molar-refractivity contribution in [3.63, 3.8) is 0 Å². The minimum atomic E-state index is -0.524. The zero-order chi connectivity index (χ0) is 10.9. The SMILES string of the molecule is CCCCCCCCCC(S)(S)OC. The first-order valence-electron chi connectivity index (χ1n) is 5.62. The molecule has 14 heavy (non-hydrogen) atoms. The minimum Gasteiger partial charge on any atom is -0.359 e. The van der Waals surface area contributed by atoms with E-state index >= 15 is 0 Å². The fourth-order valence-corrected chi connectivity index (χ4v) is 1.73. The van der Waals surface area contributed by atoms with Gasteiger partial charge in [0.1, 0.15) is 0 Å². The normalized spacial score (nSPS) is 12.0. The molecule has 0 aliphatic carbocycles. The van der Waals surface area contributed by atoms with E-state index in [1.165, 1.54) is 38.5 Å². The summed E-state index contributed by atoms with van der Waals surface area (Å²) < 4.78 is 4.59. The summed E-state index contributed by atoms with van der Waals surface area (Å²) in [5, 5.41) is 0. The van der Waals surface area contributed by atoms with E-state index in [9.17, 15) is 0 Å².